The van der Waals surface area contributed by atoms with E-state index in [0.717, 1.165) is 6.20 Å². The van der Waals surface area contributed by atoms with E-state index in [-0.39, 0.29) is 37.3 Å². The standard InChI is InChI=1S/C20H21F2N3O5/c1-2-30-20(29)12-13-16(15(22)17(14(12)21)24-6-5-9(23)7-24)25(10-3-4-10)8-11(18(13)26)19(27)28/h8-10H,2-7,23H2,1H3,(H,27,28). The van der Waals surface area contributed by atoms with Crippen LogP contribution in [-0.2, 0) is 4.74 Å². The smallest absolute Gasteiger partial charge is 0.342 e. The zero-order valence-corrected chi connectivity index (χ0v) is 16.3. The Morgan fingerprint density at radius 1 is 1.27 bits per heavy atom. The van der Waals surface area contributed by atoms with Gasteiger partial charge in [0.05, 0.1) is 17.5 Å². The van der Waals surface area contributed by atoms with Crippen LogP contribution in [0.3, 0.4) is 0 Å². The summed E-state index contributed by atoms with van der Waals surface area (Å²) < 4.78 is 37.5. The number of ether oxygens (including phenoxy) is 1. The van der Waals surface area contributed by atoms with Gasteiger partial charge in [0.2, 0.25) is 5.43 Å². The van der Waals surface area contributed by atoms with E-state index in [2.05, 4.69) is 0 Å². The molecule has 2 heterocycles. The number of carboxylic acid groups (broad SMARTS) is 1. The summed E-state index contributed by atoms with van der Waals surface area (Å²) in [6.07, 6.45) is 2.87. The van der Waals surface area contributed by atoms with E-state index < -0.39 is 51.2 Å². The Hall–Kier alpha value is -3.01. The van der Waals surface area contributed by atoms with Crippen molar-refractivity contribution < 1.29 is 28.2 Å². The number of anilines is 1. The maximum Gasteiger partial charge on any atom is 0.342 e. The highest BCUT2D eigenvalue weighted by molar-refractivity contribution is 6.07. The van der Waals surface area contributed by atoms with Crippen molar-refractivity contribution in [1.29, 1.82) is 0 Å². The summed E-state index contributed by atoms with van der Waals surface area (Å²) in [4.78, 5) is 38.6. The van der Waals surface area contributed by atoms with E-state index >= 15 is 8.78 Å². The van der Waals surface area contributed by atoms with Crippen LogP contribution in [0.5, 0.6) is 0 Å². The Morgan fingerprint density at radius 3 is 2.50 bits per heavy atom. The molecular weight excluding hydrogens is 400 g/mol. The lowest BCUT2D eigenvalue weighted by Crippen LogP contribution is -2.30. The van der Waals surface area contributed by atoms with Gasteiger partial charge in [-0.15, -0.1) is 0 Å². The number of carbonyl (C=O) groups is 2. The highest BCUT2D eigenvalue weighted by Gasteiger charge is 2.36. The number of esters is 1. The molecule has 0 bridgehead atoms. The molecule has 1 aromatic heterocycles. The van der Waals surface area contributed by atoms with Crippen molar-refractivity contribution >= 4 is 28.5 Å². The molecule has 1 saturated carbocycles. The predicted molar refractivity (Wildman–Crippen MR) is 104 cm³/mol. The molecular formula is C20H21F2N3O5. The van der Waals surface area contributed by atoms with Gasteiger partial charge in [0, 0.05) is 31.4 Å². The topological polar surface area (TPSA) is 115 Å². The number of carbonyl (C=O) groups excluding carboxylic acids is 1. The molecule has 2 aromatic rings. The van der Waals surface area contributed by atoms with E-state index in [4.69, 9.17) is 10.5 Å². The van der Waals surface area contributed by atoms with Crippen LogP contribution in [0, 0.1) is 11.6 Å². The number of carboxylic acids is 1. The summed E-state index contributed by atoms with van der Waals surface area (Å²) >= 11 is 0. The maximum absolute atomic E-state index is 15.7. The van der Waals surface area contributed by atoms with Gasteiger partial charge in [-0.25, -0.2) is 18.4 Å². The fourth-order valence-corrected chi connectivity index (χ4v) is 3.98. The number of hydrogen-bond donors (Lipinski definition) is 2. The molecule has 1 unspecified atom stereocenters. The number of nitrogens with two attached hydrogens (primary N) is 1. The van der Waals surface area contributed by atoms with Gasteiger partial charge in [0.1, 0.15) is 16.8 Å². The van der Waals surface area contributed by atoms with Crippen molar-refractivity contribution in [3.05, 3.63) is 39.2 Å². The normalized spacial score (nSPS) is 18.8. The van der Waals surface area contributed by atoms with Crippen LogP contribution >= 0.6 is 0 Å². The summed E-state index contributed by atoms with van der Waals surface area (Å²) in [5.41, 5.74) is 2.63. The molecule has 1 saturated heterocycles. The van der Waals surface area contributed by atoms with Crippen LogP contribution < -0.4 is 16.1 Å². The second-order valence-corrected chi connectivity index (χ2v) is 7.61. The third kappa shape index (κ3) is 3.11. The molecule has 0 amide bonds. The number of fused-ring (bicyclic) bond motifs is 1. The van der Waals surface area contributed by atoms with Gasteiger partial charge in [0.25, 0.3) is 0 Å². The van der Waals surface area contributed by atoms with Gasteiger partial charge >= 0.3 is 11.9 Å². The molecule has 1 aliphatic heterocycles. The van der Waals surface area contributed by atoms with Crippen LogP contribution in [0.25, 0.3) is 10.9 Å². The van der Waals surface area contributed by atoms with Crippen LogP contribution in [0.4, 0.5) is 14.5 Å². The zero-order chi connectivity index (χ0) is 21.7. The molecule has 2 aliphatic rings. The predicted octanol–water partition coefficient (Wildman–Crippen LogP) is 2.03. The fourth-order valence-electron chi connectivity index (χ4n) is 3.98. The quantitative estimate of drug-likeness (QED) is 0.710. The molecule has 1 aromatic carbocycles. The van der Waals surface area contributed by atoms with Gasteiger partial charge in [-0.2, -0.15) is 0 Å². The average Bonchev–Trinajstić information content (AvgIpc) is 3.44. The molecule has 4 rings (SSSR count). The van der Waals surface area contributed by atoms with Crippen molar-refractivity contribution in [1.82, 2.24) is 4.57 Å². The first-order valence-corrected chi connectivity index (χ1v) is 9.76. The molecule has 3 N–H and O–H groups in total. The van der Waals surface area contributed by atoms with Crippen LogP contribution in [0.15, 0.2) is 11.0 Å². The first kappa shape index (κ1) is 20.3. The summed E-state index contributed by atoms with van der Waals surface area (Å²) in [5.74, 6) is -4.94. The zero-order valence-electron chi connectivity index (χ0n) is 16.3. The van der Waals surface area contributed by atoms with E-state index in [1.165, 1.54) is 16.4 Å². The van der Waals surface area contributed by atoms with Gasteiger partial charge in [0.15, 0.2) is 11.6 Å². The van der Waals surface area contributed by atoms with Crippen molar-refractivity contribution in [2.24, 2.45) is 5.73 Å². The molecule has 10 heteroatoms. The number of nitrogens with zero attached hydrogens (tertiary/aromatic N) is 2. The molecule has 160 valence electrons. The Morgan fingerprint density at radius 2 is 1.97 bits per heavy atom. The minimum Gasteiger partial charge on any atom is -0.477 e. The lowest BCUT2D eigenvalue weighted by Gasteiger charge is -2.24. The van der Waals surface area contributed by atoms with Gasteiger partial charge in [-0.1, -0.05) is 0 Å². The Bertz CT molecular complexity index is 1130. The third-order valence-corrected chi connectivity index (χ3v) is 5.52. The van der Waals surface area contributed by atoms with Crippen molar-refractivity contribution in [3.63, 3.8) is 0 Å². The number of pyridine rings is 1. The largest absolute Gasteiger partial charge is 0.477 e. The minimum absolute atomic E-state index is 0.101. The number of aromatic nitrogens is 1. The second-order valence-electron chi connectivity index (χ2n) is 7.61. The van der Waals surface area contributed by atoms with Crippen molar-refractivity contribution in [2.45, 2.75) is 38.3 Å². The molecule has 0 radical (unpaired) electrons. The molecule has 0 spiro atoms. The lowest BCUT2D eigenvalue weighted by atomic mass is 10.0. The Labute approximate surface area is 169 Å². The fraction of sp³-hybridized carbons (Fsp3) is 0.450. The summed E-state index contributed by atoms with van der Waals surface area (Å²) in [6.45, 7) is 1.87. The van der Waals surface area contributed by atoms with E-state index in [1.807, 2.05) is 0 Å². The molecule has 2 fully saturated rings. The highest BCUT2D eigenvalue weighted by atomic mass is 19.1. The van der Waals surface area contributed by atoms with Crippen LogP contribution in [-0.4, -0.2) is 47.4 Å². The van der Waals surface area contributed by atoms with E-state index in [0.29, 0.717) is 19.3 Å². The first-order chi connectivity index (χ1) is 14.3. The van der Waals surface area contributed by atoms with Gasteiger partial charge in [-0.05, 0) is 26.2 Å². The van der Waals surface area contributed by atoms with E-state index in [9.17, 15) is 19.5 Å². The molecule has 1 atom stereocenters. The Kier molecular flexibility index (Phi) is 4.97. The number of aromatic carboxylic acids is 1. The SMILES string of the molecule is CCOC(=O)c1c(F)c(N2CCC(N)C2)c(F)c2c1c(=O)c(C(=O)O)cn2C1CC1. The maximum atomic E-state index is 15.7. The lowest BCUT2D eigenvalue weighted by molar-refractivity contribution is 0.0522. The Balaban J connectivity index is 2.15. The third-order valence-electron chi connectivity index (χ3n) is 5.52. The minimum atomic E-state index is -1.54. The molecule has 30 heavy (non-hydrogen) atoms. The van der Waals surface area contributed by atoms with Crippen LogP contribution in [0.1, 0.15) is 52.9 Å². The summed E-state index contributed by atoms with van der Waals surface area (Å²) in [5, 5.41) is 8.83. The van der Waals surface area contributed by atoms with E-state index in [1.54, 1.807) is 0 Å². The van der Waals surface area contributed by atoms with Crippen molar-refractivity contribution in [3.8, 4) is 0 Å². The average molecular weight is 421 g/mol. The number of benzene rings is 1. The second kappa shape index (κ2) is 7.35. The van der Waals surface area contributed by atoms with Gasteiger partial charge < -0.3 is 25.0 Å². The first-order valence-electron chi connectivity index (χ1n) is 9.76. The monoisotopic (exact) mass is 421 g/mol. The molecule has 1 aliphatic carbocycles. The summed E-state index contributed by atoms with van der Waals surface area (Å²) in [7, 11) is 0. The number of hydrogen-bond acceptors (Lipinski definition) is 6. The van der Waals surface area contributed by atoms with Crippen LogP contribution in [0.2, 0.25) is 0 Å². The molecule has 8 nitrogen and oxygen atoms in total. The highest BCUT2D eigenvalue weighted by Crippen LogP contribution is 2.41. The number of halogens is 2. The van der Waals surface area contributed by atoms with Crippen molar-refractivity contribution in [2.75, 3.05) is 24.6 Å². The summed E-state index contributed by atoms with van der Waals surface area (Å²) in [6, 6.07) is -0.527. The number of rotatable bonds is 5. The van der Waals surface area contributed by atoms with Gasteiger partial charge in [-0.3, -0.25) is 4.79 Å².